The summed E-state index contributed by atoms with van der Waals surface area (Å²) in [6.45, 7) is 3.06. The number of amides is 1. The summed E-state index contributed by atoms with van der Waals surface area (Å²) in [5.74, 6) is -0.676. The molecule has 2 atom stereocenters. The van der Waals surface area contributed by atoms with Crippen molar-refractivity contribution in [3.05, 3.63) is 81.7 Å². The van der Waals surface area contributed by atoms with Gasteiger partial charge >= 0.3 is 0 Å². The Morgan fingerprint density at radius 2 is 1.51 bits per heavy atom. The molecule has 5 rings (SSSR count). The SMILES string of the molecule is O=C([C@@H]1CN(S(=O)(=O)c2cc(Cl)c(Cl)s2)CC1c1ccccc1)N1CCN(c2ccccc2)CC1. The highest BCUT2D eigenvalue weighted by Gasteiger charge is 2.45. The maximum Gasteiger partial charge on any atom is 0.252 e. The van der Waals surface area contributed by atoms with Crippen molar-refractivity contribution in [1.82, 2.24) is 9.21 Å². The predicted octanol–water partition coefficient (Wildman–Crippen LogP) is 4.81. The van der Waals surface area contributed by atoms with E-state index in [4.69, 9.17) is 23.2 Å². The first-order valence-corrected chi connectivity index (χ1v) is 14.4. The van der Waals surface area contributed by atoms with Crippen LogP contribution in [0.3, 0.4) is 0 Å². The minimum Gasteiger partial charge on any atom is -0.368 e. The summed E-state index contributed by atoms with van der Waals surface area (Å²) in [5, 5.41) is 0.220. The van der Waals surface area contributed by atoms with Crippen molar-refractivity contribution in [3.8, 4) is 0 Å². The second-order valence-electron chi connectivity index (χ2n) is 8.78. The quantitative estimate of drug-likeness (QED) is 0.458. The molecule has 35 heavy (non-hydrogen) atoms. The van der Waals surface area contributed by atoms with Gasteiger partial charge in [-0.2, -0.15) is 4.31 Å². The molecule has 1 unspecified atom stereocenters. The Labute approximate surface area is 219 Å². The summed E-state index contributed by atoms with van der Waals surface area (Å²) in [6, 6.07) is 21.2. The summed E-state index contributed by atoms with van der Waals surface area (Å²) in [6.07, 6.45) is 0. The normalized spacial score (nSPS) is 21.4. The summed E-state index contributed by atoms with van der Waals surface area (Å²) in [7, 11) is -3.82. The Bertz CT molecular complexity index is 1270. The lowest BCUT2D eigenvalue weighted by Crippen LogP contribution is -2.51. The van der Waals surface area contributed by atoms with Gasteiger partial charge < -0.3 is 9.80 Å². The molecule has 0 bridgehead atoms. The molecule has 10 heteroatoms. The average molecular weight is 551 g/mol. The number of para-hydroxylation sites is 1. The van der Waals surface area contributed by atoms with Crippen molar-refractivity contribution in [2.24, 2.45) is 5.92 Å². The standard InChI is InChI=1S/C25H25Cl2N3O3S2/c26-22-15-23(34-24(22)27)35(32,33)30-16-20(18-7-3-1-4-8-18)21(17-30)25(31)29-13-11-28(12-14-29)19-9-5-2-6-10-19/h1-10,15,20-21H,11-14,16-17H2/t20?,21-/m1/s1. The van der Waals surface area contributed by atoms with Crippen molar-refractivity contribution in [3.63, 3.8) is 0 Å². The molecule has 1 amide bonds. The maximum atomic E-state index is 13.7. The van der Waals surface area contributed by atoms with Crippen LogP contribution >= 0.6 is 34.5 Å². The van der Waals surface area contributed by atoms with Gasteiger partial charge in [-0.1, -0.05) is 71.7 Å². The van der Waals surface area contributed by atoms with Gasteiger partial charge in [-0.3, -0.25) is 4.79 Å². The zero-order valence-electron chi connectivity index (χ0n) is 18.9. The first kappa shape index (κ1) is 24.6. The van der Waals surface area contributed by atoms with Crippen LogP contribution in [0.4, 0.5) is 5.69 Å². The molecule has 0 radical (unpaired) electrons. The third kappa shape index (κ3) is 4.95. The van der Waals surface area contributed by atoms with Crippen LogP contribution in [0.25, 0.3) is 0 Å². The highest BCUT2D eigenvalue weighted by atomic mass is 35.5. The Morgan fingerprint density at radius 3 is 2.11 bits per heavy atom. The van der Waals surface area contributed by atoms with Crippen LogP contribution in [-0.2, 0) is 14.8 Å². The number of benzene rings is 2. The van der Waals surface area contributed by atoms with E-state index >= 15 is 0 Å². The number of hydrogen-bond acceptors (Lipinski definition) is 5. The Kier molecular flexibility index (Phi) is 7.10. The number of piperazine rings is 1. The predicted molar refractivity (Wildman–Crippen MR) is 141 cm³/mol. The zero-order valence-corrected chi connectivity index (χ0v) is 22.0. The van der Waals surface area contributed by atoms with E-state index < -0.39 is 15.9 Å². The van der Waals surface area contributed by atoms with E-state index in [2.05, 4.69) is 17.0 Å². The number of carbonyl (C=O) groups excluding carboxylic acids is 1. The molecule has 2 aromatic carbocycles. The van der Waals surface area contributed by atoms with Gasteiger partial charge in [0.1, 0.15) is 8.55 Å². The van der Waals surface area contributed by atoms with Crippen LogP contribution < -0.4 is 4.90 Å². The molecule has 0 spiro atoms. The first-order chi connectivity index (χ1) is 16.8. The number of anilines is 1. The van der Waals surface area contributed by atoms with Crippen molar-refractivity contribution in [2.45, 2.75) is 10.1 Å². The largest absolute Gasteiger partial charge is 0.368 e. The van der Waals surface area contributed by atoms with E-state index in [0.717, 1.165) is 35.7 Å². The van der Waals surface area contributed by atoms with Crippen molar-refractivity contribution in [2.75, 3.05) is 44.2 Å². The fourth-order valence-electron chi connectivity index (χ4n) is 4.89. The van der Waals surface area contributed by atoms with E-state index in [9.17, 15) is 13.2 Å². The molecule has 0 aliphatic carbocycles. The van der Waals surface area contributed by atoms with E-state index in [1.54, 1.807) is 0 Å². The third-order valence-corrected chi connectivity index (χ3v) is 10.9. The van der Waals surface area contributed by atoms with Gasteiger partial charge in [-0.15, -0.1) is 11.3 Å². The van der Waals surface area contributed by atoms with Crippen LogP contribution in [0.5, 0.6) is 0 Å². The van der Waals surface area contributed by atoms with Crippen LogP contribution in [0.2, 0.25) is 9.36 Å². The van der Waals surface area contributed by atoms with Gasteiger partial charge in [-0.05, 0) is 23.8 Å². The minimum absolute atomic E-state index is 0.00603. The zero-order chi connectivity index (χ0) is 24.6. The molecule has 2 aliphatic rings. The maximum absolute atomic E-state index is 13.7. The lowest BCUT2D eigenvalue weighted by molar-refractivity contribution is -0.135. The molecule has 0 N–H and O–H groups in total. The molecule has 2 fully saturated rings. The second kappa shape index (κ2) is 10.1. The van der Waals surface area contributed by atoms with Crippen LogP contribution in [0, 0.1) is 5.92 Å². The number of sulfonamides is 1. The van der Waals surface area contributed by atoms with Gasteiger partial charge in [0, 0.05) is 50.9 Å². The van der Waals surface area contributed by atoms with Gasteiger partial charge in [0.15, 0.2) is 0 Å². The number of carbonyl (C=O) groups is 1. The molecule has 6 nitrogen and oxygen atoms in total. The molecule has 1 aromatic heterocycles. The molecule has 184 valence electrons. The second-order valence-corrected chi connectivity index (χ2v) is 13.0. The number of nitrogens with zero attached hydrogens (tertiary/aromatic N) is 3. The Hall–Kier alpha value is -2.10. The van der Waals surface area contributed by atoms with Crippen molar-refractivity contribution < 1.29 is 13.2 Å². The molecule has 3 heterocycles. The van der Waals surface area contributed by atoms with Crippen molar-refractivity contribution in [1.29, 1.82) is 0 Å². The summed E-state index contributed by atoms with van der Waals surface area (Å²) >= 11 is 13.0. The van der Waals surface area contributed by atoms with E-state index in [-0.39, 0.29) is 38.5 Å². The average Bonchev–Trinajstić information content (AvgIpc) is 3.49. The number of hydrogen-bond donors (Lipinski definition) is 0. The summed E-state index contributed by atoms with van der Waals surface area (Å²) < 4.78 is 28.6. The first-order valence-electron chi connectivity index (χ1n) is 11.4. The van der Waals surface area contributed by atoms with Crippen LogP contribution in [0.1, 0.15) is 11.5 Å². The van der Waals surface area contributed by atoms with E-state index in [1.165, 1.54) is 10.4 Å². The molecular weight excluding hydrogens is 525 g/mol. The lowest BCUT2D eigenvalue weighted by atomic mass is 9.88. The monoisotopic (exact) mass is 549 g/mol. The highest BCUT2D eigenvalue weighted by molar-refractivity contribution is 7.91. The number of rotatable bonds is 5. The minimum atomic E-state index is -3.82. The fourth-order valence-corrected chi connectivity index (χ4v) is 8.42. The molecule has 0 saturated carbocycles. The molecular formula is C25H25Cl2N3O3S2. The van der Waals surface area contributed by atoms with Crippen LogP contribution in [-0.4, -0.2) is 62.8 Å². The number of thiophene rings is 1. The molecule has 2 saturated heterocycles. The molecule has 3 aromatic rings. The van der Waals surface area contributed by atoms with E-state index in [1.807, 2.05) is 53.4 Å². The molecule has 2 aliphatic heterocycles. The van der Waals surface area contributed by atoms with E-state index in [0.29, 0.717) is 13.1 Å². The Morgan fingerprint density at radius 1 is 0.886 bits per heavy atom. The number of halogens is 2. The topological polar surface area (TPSA) is 60.9 Å². The summed E-state index contributed by atoms with van der Waals surface area (Å²) in [4.78, 5) is 17.9. The Balaban J connectivity index is 1.36. The highest BCUT2D eigenvalue weighted by Crippen LogP contribution is 2.40. The lowest BCUT2D eigenvalue weighted by Gasteiger charge is -2.37. The van der Waals surface area contributed by atoms with Gasteiger partial charge in [0.05, 0.1) is 10.9 Å². The smallest absolute Gasteiger partial charge is 0.252 e. The third-order valence-electron chi connectivity index (χ3n) is 6.76. The van der Waals surface area contributed by atoms with Gasteiger partial charge in [0.2, 0.25) is 5.91 Å². The van der Waals surface area contributed by atoms with Gasteiger partial charge in [0.25, 0.3) is 10.0 Å². The summed E-state index contributed by atoms with van der Waals surface area (Å²) in [5.41, 5.74) is 2.11. The van der Waals surface area contributed by atoms with Gasteiger partial charge in [-0.25, -0.2) is 8.42 Å². The van der Waals surface area contributed by atoms with Crippen molar-refractivity contribution >= 4 is 56.2 Å². The fraction of sp³-hybridized carbons (Fsp3) is 0.320. The van der Waals surface area contributed by atoms with Crippen LogP contribution in [0.15, 0.2) is 70.9 Å².